The first-order chi connectivity index (χ1) is 12.5. The fraction of sp³-hybridized carbons (Fsp3) is 0.150. The standard InChI is InChI=1S/C20H18N2O4/c1-14(20(24)25)26-18-9-7-15(8-10-18)11-17(12-21)19(23)22-13-16-5-3-2-4-6-16/h2-11,14H,13H2,1H3,(H,22,23)(H,24,25)/p-1/b17-11+/t14-/m1/s1. The highest BCUT2D eigenvalue weighted by molar-refractivity contribution is 6.01. The number of carbonyl (C=O) groups is 2. The predicted molar refractivity (Wildman–Crippen MR) is 93.4 cm³/mol. The van der Waals surface area contributed by atoms with Crippen LogP contribution >= 0.6 is 0 Å². The van der Waals surface area contributed by atoms with E-state index in [-0.39, 0.29) is 5.57 Å². The first-order valence-corrected chi connectivity index (χ1v) is 7.91. The van der Waals surface area contributed by atoms with Crippen molar-refractivity contribution in [1.82, 2.24) is 5.32 Å². The maximum absolute atomic E-state index is 12.1. The van der Waals surface area contributed by atoms with E-state index < -0.39 is 18.0 Å². The maximum Gasteiger partial charge on any atom is 0.262 e. The van der Waals surface area contributed by atoms with Crippen LogP contribution in [0.1, 0.15) is 18.1 Å². The number of carbonyl (C=O) groups excluding carboxylic acids is 2. The van der Waals surface area contributed by atoms with E-state index in [1.807, 2.05) is 36.4 Å². The molecule has 0 unspecified atom stereocenters. The lowest BCUT2D eigenvalue weighted by atomic mass is 10.1. The molecule has 2 aromatic rings. The largest absolute Gasteiger partial charge is 0.546 e. The van der Waals surface area contributed by atoms with E-state index in [4.69, 9.17) is 4.74 Å². The van der Waals surface area contributed by atoms with E-state index >= 15 is 0 Å². The summed E-state index contributed by atoms with van der Waals surface area (Å²) in [5, 5.41) is 22.6. The lowest BCUT2D eigenvalue weighted by Crippen LogP contribution is -2.37. The van der Waals surface area contributed by atoms with E-state index in [0.717, 1.165) is 5.56 Å². The number of ether oxygens (including phenoxy) is 1. The van der Waals surface area contributed by atoms with E-state index in [1.54, 1.807) is 24.3 Å². The summed E-state index contributed by atoms with van der Waals surface area (Å²) in [5.41, 5.74) is 1.52. The van der Waals surface area contributed by atoms with Crippen LogP contribution < -0.4 is 15.2 Å². The number of nitriles is 1. The molecule has 1 N–H and O–H groups in total. The Morgan fingerprint density at radius 2 is 1.85 bits per heavy atom. The monoisotopic (exact) mass is 349 g/mol. The van der Waals surface area contributed by atoms with Crippen LogP contribution in [0, 0.1) is 11.3 Å². The minimum absolute atomic E-state index is 0.0299. The summed E-state index contributed by atoms with van der Waals surface area (Å²) in [6, 6.07) is 17.6. The maximum atomic E-state index is 12.1. The van der Waals surface area contributed by atoms with Crippen molar-refractivity contribution >= 4 is 18.0 Å². The van der Waals surface area contributed by atoms with Gasteiger partial charge in [-0.2, -0.15) is 5.26 Å². The highest BCUT2D eigenvalue weighted by Crippen LogP contribution is 2.16. The average Bonchev–Trinajstić information content (AvgIpc) is 2.66. The second-order valence-electron chi connectivity index (χ2n) is 5.49. The molecular weight excluding hydrogens is 332 g/mol. The third-order valence-electron chi connectivity index (χ3n) is 3.50. The zero-order chi connectivity index (χ0) is 18.9. The number of carboxylic acids is 1. The van der Waals surface area contributed by atoms with Gasteiger partial charge in [0.15, 0.2) is 0 Å². The fourth-order valence-corrected chi connectivity index (χ4v) is 2.08. The Morgan fingerprint density at radius 3 is 2.42 bits per heavy atom. The molecule has 0 bridgehead atoms. The Bertz CT molecular complexity index is 836. The molecule has 6 heteroatoms. The first-order valence-electron chi connectivity index (χ1n) is 7.91. The van der Waals surface area contributed by atoms with Gasteiger partial charge in [0.1, 0.15) is 23.5 Å². The number of hydrogen-bond acceptors (Lipinski definition) is 5. The number of carboxylic acid groups (broad SMARTS) is 1. The lowest BCUT2D eigenvalue weighted by molar-refractivity contribution is -0.312. The number of amides is 1. The van der Waals surface area contributed by atoms with Gasteiger partial charge >= 0.3 is 0 Å². The van der Waals surface area contributed by atoms with E-state index in [2.05, 4.69) is 5.32 Å². The van der Waals surface area contributed by atoms with Crippen molar-refractivity contribution < 1.29 is 19.4 Å². The number of benzene rings is 2. The van der Waals surface area contributed by atoms with Gasteiger partial charge in [0.2, 0.25) is 0 Å². The van der Waals surface area contributed by atoms with Gasteiger partial charge in [-0.3, -0.25) is 4.79 Å². The number of nitrogens with one attached hydrogen (secondary N) is 1. The Morgan fingerprint density at radius 1 is 1.19 bits per heavy atom. The van der Waals surface area contributed by atoms with E-state index in [9.17, 15) is 20.0 Å². The molecular formula is C20H17N2O4-. The molecule has 0 aliphatic heterocycles. The summed E-state index contributed by atoms with van der Waals surface area (Å²) in [6.07, 6.45) is 0.376. The van der Waals surface area contributed by atoms with Gasteiger partial charge in [0.25, 0.3) is 5.91 Å². The van der Waals surface area contributed by atoms with Gasteiger partial charge in [-0.1, -0.05) is 42.5 Å². The molecule has 0 aromatic heterocycles. The minimum atomic E-state index is -1.31. The third kappa shape index (κ3) is 5.49. The summed E-state index contributed by atoms with van der Waals surface area (Å²) in [4.78, 5) is 22.8. The Labute approximate surface area is 151 Å². The van der Waals surface area contributed by atoms with Crippen molar-refractivity contribution in [2.75, 3.05) is 0 Å². The van der Waals surface area contributed by atoms with Crippen LogP contribution in [-0.4, -0.2) is 18.0 Å². The molecule has 0 saturated heterocycles. The van der Waals surface area contributed by atoms with Crippen molar-refractivity contribution in [3.05, 3.63) is 71.3 Å². The van der Waals surface area contributed by atoms with Crippen molar-refractivity contribution in [2.45, 2.75) is 19.6 Å². The molecule has 0 saturated carbocycles. The van der Waals surface area contributed by atoms with Crippen LogP contribution in [0.2, 0.25) is 0 Å². The van der Waals surface area contributed by atoms with Crippen LogP contribution in [0.3, 0.4) is 0 Å². The summed E-state index contributed by atoms with van der Waals surface area (Å²) in [5.74, 6) is -1.43. The van der Waals surface area contributed by atoms with Gasteiger partial charge in [-0.05, 0) is 36.3 Å². The van der Waals surface area contributed by atoms with Crippen LogP contribution in [0.4, 0.5) is 0 Å². The second kappa shape index (κ2) is 9.04. The molecule has 0 aliphatic carbocycles. The van der Waals surface area contributed by atoms with Crippen molar-refractivity contribution in [3.63, 3.8) is 0 Å². The average molecular weight is 349 g/mol. The van der Waals surface area contributed by atoms with Crippen LogP contribution in [0.5, 0.6) is 5.75 Å². The molecule has 1 atom stereocenters. The summed E-state index contributed by atoms with van der Waals surface area (Å²) in [6.45, 7) is 1.70. The quantitative estimate of drug-likeness (QED) is 0.602. The van der Waals surface area contributed by atoms with Gasteiger partial charge in [0.05, 0.1) is 5.97 Å². The van der Waals surface area contributed by atoms with Crippen molar-refractivity contribution in [3.8, 4) is 11.8 Å². The van der Waals surface area contributed by atoms with Crippen molar-refractivity contribution in [2.24, 2.45) is 0 Å². The molecule has 0 fully saturated rings. The highest BCUT2D eigenvalue weighted by atomic mass is 16.5. The van der Waals surface area contributed by atoms with Gasteiger partial charge < -0.3 is 20.0 Å². The van der Waals surface area contributed by atoms with Gasteiger partial charge in [0, 0.05) is 6.54 Å². The normalized spacial score (nSPS) is 11.9. The van der Waals surface area contributed by atoms with Crippen LogP contribution in [0.15, 0.2) is 60.2 Å². The minimum Gasteiger partial charge on any atom is -0.546 e. The predicted octanol–water partition coefficient (Wildman–Crippen LogP) is 1.43. The summed E-state index contributed by atoms with van der Waals surface area (Å²) >= 11 is 0. The van der Waals surface area contributed by atoms with E-state index in [0.29, 0.717) is 17.9 Å². The molecule has 6 nitrogen and oxygen atoms in total. The number of aliphatic carboxylic acids is 1. The lowest BCUT2D eigenvalue weighted by Gasteiger charge is -2.15. The molecule has 2 aromatic carbocycles. The van der Waals surface area contributed by atoms with Crippen LogP contribution in [-0.2, 0) is 16.1 Å². The topological polar surface area (TPSA) is 102 Å². The second-order valence-corrected chi connectivity index (χ2v) is 5.49. The highest BCUT2D eigenvalue weighted by Gasteiger charge is 2.09. The third-order valence-corrected chi connectivity index (χ3v) is 3.50. The number of rotatable bonds is 7. The Hall–Kier alpha value is -3.59. The molecule has 1 amide bonds. The summed E-state index contributed by atoms with van der Waals surface area (Å²) < 4.78 is 5.17. The van der Waals surface area contributed by atoms with Gasteiger partial charge in [-0.25, -0.2) is 0 Å². The summed E-state index contributed by atoms with van der Waals surface area (Å²) in [7, 11) is 0. The fourth-order valence-electron chi connectivity index (χ4n) is 2.08. The van der Waals surface area contributed by atoms with Crippen molar-refractivity contribution in [1.29, 1.82) is 5.26 Å². The zero-order valence-corrected chi connectivity index (χ0v) is 14.1. The first kappa shape index (κ1) is 18.7. The van der Waals surface area contributed by atoms with Crippen LogP contribution in [0.25, 0.3) is 6.08 Å². The molecule has 26 heavy (non-hydrogen) atoms. The number of hydrogen-bond donors (Lipinski definition) is 1. The Balaban J connectivity index is 2.02. The number of nitrogens with zero attached hydrogens (tertiary/aromatic N) is 1. The molecule has 0 spiro atoms. The van der Waals surface area contributed by atoms with E-state index in [1.165, 1.54) is 13.0 Å². The molecule has 2 rings (SSSR count). The van der Waals surface area contributed by atoms with Gasteiger partial charge in [-0.15, -0.1) is 0 Å². The molecule has 0 heterocycles. The molecule has 132 valence electrons. The SMILES string of the molecule is C[C@@H](Oc1ccc(/C=C(\C#N)C(=O)NCc2ccccc2)cc1)C(=O)[O-]. The zero-order valence-electron chi connectivity index (χ0n) is 14.1. The molecule has 0 aliphatic rings. The Kier molecular flexibility index (Phi) is 6.52. The molecule has 0 radical (unpaired) electrons. The smallest absolute Gasteiger partial charge is 0.262 e.